The molecule has 21 heavy (non-hydrogen) atoms. The zero-order chi connectivity index (χ0) is 16.0. The molecule has 1 atom stereocenters. The molecule has 0 spiro atoms. The Morgan fingerprint density at radius 3 is 2.29 bits per heavy atom. The third-order valence-electron chi connectivity index (χ3n) is 3.89. The largest absolute Gasteiger partial charge is 0.351 e. The average molecular weight is 291 g/mol. The van der Waals surface area contributed by atoms with E-state index in [2.05, 4.69) is 43.2 Å². The SMILES string of the molecule is CC(C)[C@H](N)C(=O)NCc1ccccc1CN(C)C(C)C. The van der Waals surface area contributed by atoms with E-state index in [1.165, 1.54) is 5.56 Å². The van der Waals surface area contributed by atoms with Crippen molar-refractivity contribution in [1.82, 2.24) is 10.2 Å². The van der Waals surface area contributed by atoms with Crippen LogP contribution in [0.5, 0.6) is 0 Å². The first-order chi connectivity index (χ1) is 9.82. The normalized spacial score (nSPS) is 13.0. The summed E-state index contributed by atoms with van der Waals surface area (Å²) in [4.78, 5) is 14.2. The second-order valence-electron chi connectivity index (χ2n) is 6.27. The van der Waals surface area contributed by atoms with Crippen LogP contribution in [0.25, 0.3) is 0 Å². The second-order valence-corrected chi connectivity index (χ2v) is 6.27. The lowest BCUT2D eigenvalue weighted by Gasteiger charge is -2.23. The Kier molecular flexibility index (Phi) is 6.85. The lowest BCUT2D eigenvalue weighted by Crippen LogP contribution is -2.43. The Morgan fingerprint density at radius 2 is 1.76 bits per heavy atom. The molecule has 0 bridgehead atoms. The monoisotopic (exact) mass is 291 g/mol. The summed E-state index contributed by atoms with van der Waals surface area (Å²) in [6.07, 6.45) is 0. The van der Waals surface area contributed by atoms with Crippen LogP contribution in [0, 0.1) is 5.92 Å². The lowest BCUT2D eigenvalue weighted by molar-refractivity contribution is -0.123. The van der Waals surface area contributed by atoms with Crippen molar-refractivity contribution in [3.8, 4) is 0 Å². The highest BCUT2D eigenvalue weighted by atomic mass is 16.2. The predicted octanol–water partition coefficient (Wildman–Crippen LogP) is 2.13. The number of nitrogens with one attached hydrogen (secondary N) is 1. The molecule has 0 saturated carbocycles. The predicted molar refractivity (Wildman–Crippen MR) is 87.7 cm³/mol. The van der Waals surface area contributed by atoms with E-state index in [0.29, 0.717) is 12.6 Å². The minimum atomic E-state index is -0.449. The molecule has 0 heterocycles. The van der Waals surface area contributed by atoms with Gasteiger partial charge in [-0.3, -0.25) is 9.69 Å². The van der Waals surface area contributed by atoms with E-state index in [4.69, 9.17) is 5.73 Å². The fraction of sp³-hybridized carbons (Fsp3) is 0.588. The van der Waals surface area contributed by atoms with Crippen molar-refractivity contribution in [2.75, 3.05) is 7.05 Å². The number of nitrogens with two attached hydrogens (primary N) is 1. The molecule has 0 aliphatic heterocycles. The van der Waals surface area contributed by atoms with Crippen molar-refractivity contribution < 1.29 is 4.79 Å². The summed E-state index contributed by atoms with van der Waals surface area (Å²) in [5.41, 5.74) is 8.25. The minimum absolute atomic E-state index is 0.0861. The Hall–Kier alpha value is -1.39. The highest BCUT2D eigenvalue weighted by Gasteiger charge is 2.17. The fourth-order valence-electron chi connectivity index (χ4n) is 1.94. The zero-order valence-electron chi connectivity index (χ0n) is 13.9. The molecule has 118 valence electrons. The molecule has 0 radical (unpaired) electrons. The molecule has 4 heteroatoms. The Bertz CT molecular complexity index is 457. The molecular formula is C17H29N3O. The summed E-state index contributed by atoms with van der Waals surface area (Å²) < 4.78 is 0. The van der Waals surface area contributed by atoms with E-state index in [0.717, 1.165) is 12.1 Å². The van der Waals surface area contributed by atoms with Gasteiger partial charge in [-0.1, -0.05) is 38.1 Å². The van der Waals surface area contributed by atoms with Gasteiger partial charge in [0.05, 0.1) is 6.04 Å². The van der Waals surface area contributed by atoms with Crippen LogP contribution in [-0.2, 0) is 17.9 Å². The quantitative estimate of drug-likeness (QED) is 0.809. The molecule has 0 aliphatic carbocycles. The van der Waals surface area contributed by atoms with E-state index in [-0.39, 0.29) is 11.8 Å². The number of hydrogen-bond acceptors (Lipinski definition) is 3. The van der Waals surface area contributed by atoms with Crippen LogP contribution >= 0.6 is 0 Å². The molecule has 1 aromatic carbocycles. The van der Waals surface area contributed by atoms with Gasteiger partial charge >= 0.3 is 0 Å². The van der Waals surface area contributed by atoms with E-state index >= 15 is 0 Å². The van der Waals surface area contributed by atoms with E-state index in [9.17, 15) is 4.79 Å². The number of carbonyl (C=O) groups excluding carboxylic acids is 1. The van der Waals surface area contributed by atoms with Crippen LogP contribution in [0.1, 0.15) is 38.8 Å². The molecule has 4 nitrogen and oxygen atoms in total. The molecule has 0 saturated heterocycles. The molecule has 0 fully saturated rings. The first-order valence-electron chi connectivity index (χ1n) is 7.63. The average Bonchev–Trinajstić information content (AvgIpc) is 2.44. The number of benzene rings is 1. The summed E-state index contributed by atoms with van der Waals surface area (Å²) in [5, 5.41) is 2.94. The maximum atomic E-state index is 12.0. The maximum Gasteiger partial charge on any atom is 0.237 e. The van der Waals surface area contributed by atoms with Crippen LogP contribution in [0.15, 0.2) is 24.3 Å². The summed E-state index contributed by atoms with van der Waals surface area (Å²) in [7, 11) is 2.11. The van der Waals surface area contributed by atoms with Gasteiger partial charge in [-0.15, -0.1) is 0 Å². The molecular weight excluding hydrogens is 262 g/mol. The van der Waals surface area contributed by atoms with Gasteiger partial charge in [-0.25, -0.2) is 0 Å². The molecule has 0 aliphatic rings. The first kappa shape index (κ1) is 17.7. The van der Waals surface area contributed by atoms with E-state index in [1.807, 2.05) is 26.0 Å². The van der Waals surface area contributed by atoms with Gasteiger partial charge < -0.3 is 11.1 Å². The van der Waals surface area contributed by atoms with Crippen LogP contribution in [-0.4, -0.2) is 29.9 Å². The van der Waals surface area contributed by atoms with Gasteiger partial charge in [-0.2, -0.15) is 0 Å². The molecule has 3 N–H and O–H groups in total. The van der Waals surface area contributed by atoms with Crippen LogP contribution in [0.2, 0.25) is 0 Å². The van der Waals surface area contributed by atoms with E-state index < -0.39 is 6.04 Å². The van der Waals surface area contributed by atoms with E-state index in [1.54, 1.807) is 0 Å². The van der Waals surface area contributed by atoms with Gasteiger partial charge in [0.15, 0.2) is 0 Å². The Labute approximate surface area is 128 Å². The third kappa shape index (κ3) is 5.48. The maximum absolute atomic E-state index is 12.0. The lowest BCUT2D eigenvalue weighted by atomic mass is 10.0. The number of amides is 1. The Morgan fingerprint density at radius 1 is 1.19 bits per heavy atom. The van der Waals surface area contributed by atoms with Crippen molar-refractivity contribution in [3.05, 3.63) is 35.4 Å². The minimum Gasteiger partial charge on any atom is -0.351 e. The number of rotatable bonds is 7. The topological polar surface area (TPSA) is 58.4 Å². The molecule has 0 aromatic heterocycles. The van der Waals surface area contributed by atoms with Gasteiger partial charge in [0.25, 0.3) is 0 Å². The van der Waals surface area contributed by atoms with Gasteiger partial charge in [0.1, 0.15) is 0 Å². The fourth-order valence-corrected chi connectivity index (χ4v) is 1.94. The standard InChI is InChI=1S/C17H29N3O/c1-12(2)16(18)17(21)19-10-14-8-6-7-9-15(14)11-20(5)13(3)4/h6-9,12-13,16H,10-11,18H2,1-5H3,(H,19,21)/t16-/m0/s1. The van der Waals surface area contributed by atoms with Crippen molar-refractivity contribution in [3.63, 3.8) is 0 Å². The Balaban J connectivity index is 2.69. The van der Waals surface area contributed by atoms with Crippen LogP contribution in [0.3, 0.4) is 0 Å². The highest BCUT2D eigenvalue weighted by molar-refractivity contribution is 5.81. The molecule has 1 aromatic rings. The second kappa shape index (κ2) is 8.15. The third-order valence-corrected chi connectivity index (χ3v) is 3.89. The zero-order valence-corrected chi connectivity index (χ0v) is 13.9. The summed E-state index contributed by atoms with van der Waals surface area (Å²) in [6, 6.07) is 8.25. The van der Waals surface area contributed by atoms with Crippen molar-refractivity contribution in [2.24, 2.45) is 11.7 Å². The smallest absolute Gasteiger partial charge is 0.237 e. The number of nitrogens with zero attached hydrogens (tertiary/aromatic N) is 1. The highest BCUT2D eigenvalue weighted by Crippen LogP contribution is 2.12. The van der Waals surface area contributed by atoms with Gasteiger partial charge in [0, 0.05) is 19.1 Å². The van der Waals surface area contributed by atoms with Gasteiger partial charge in [-0.05, 0) is 37.9 Å². The summed E-state index contributed by atoms with van der Waals surface area (Å²) in [6.45, 7) is 9.66. The summed E-state index contributed by atoms with van der Waals surface area (Å²) in [5.74, 6) is 0.0596. The van der Waals surface area contributed by atoms with Gasteiger partial charge in [0.2, 0.25) is 5.91 Å². The van der Waals surface area contributed by atoms with Crippen molar-refractivity contribution in [2.45, 2.75) is 52.9 Å². The van der Waals surface area contributed by atoms with Crippen LogP contribution < -0.4 is 11.1 Å². The summed E-state index contributed by atoms with van der Waals surface area (Å²) >= 11 is 0. The van der Waals surface area contributed by atoms with Crippen molar-refractivity contribution >= 4 is 5.91 Å². The van der Waals surface area contributed by atoms with Crippen molar-refractivity contribution in [1.29, 1.82) is 0 Å². The molecule has 1 amide bonds. The number of hydrogen-bond donors (Lipinski definition) is 2. The van der Waals surface area contributed by atoms with Crippen LogP contribution in [0.4, 0.5) is 0 Å². The molecule has 0 unspecified atom stereocenters. The molecule has 1 rings (SSSR count). The number of carbonyl (C=O) groups is 1. The first-order valence-corrected chi connectivity index (χ1v) is 7.63.